The molecule has 0 aromatic carbocycles. The van der Waals surface area contributed by atoms with E-state index >= 15 is 0 Å². The minimum absolute atomic E-state index is 0.106. The van der Waals surface area contributed by atoms with Gasteiger partial charge in [0.1, 0.15) is 19.3 Å². The number of phosphoric acid groups is 2. The van der Waals surface area contributed by atoms with Crippen LogP contribution in [0.5, 0.6) is 0 Å². The molecular formula is C80H156O17P2. The lowest BCUT2D eigenvalue weighted by Crippen LogP contribution is -2.30. The Balaban J connectivity index is 5.25. The van der Waals surface area contributed by atoms with Crippen LogP contribution in [-0.2, 0) is 65.4 Å². The number of carbonyl (C=O) groups excluding carboxylic acids is 4. The molecule has 0 aliphatic heterocycles. The summed E-state index contributed by atoms with van der Waals surface area (Å²) >= 11 is 0. The second-order valence-corrected chi connectivity index (χ2v) is 33.4. The van der Waals surface area contributed by atoms with Crippen molar-refractivity contribution in [3.63, 3.8) is 0 Å². The number of carbonyl (C=O) groups is 4. The molecule has 6 atom stereocenters. The zero-order valence-electron chi connectivity index (χ0n) is 65.1. The van der Waals surface area contributed by atoms with Crippen LogP contribution in [0.2, 0.25) is 0 Å². The van der Waals surface area contributed by atoms with Crippen molar-refractivity contribution in [2.24, 2.45) is 23.7 Å². The molecule has 17 nitrogen and oxygen atoms in total. The van der Waals surface area contributed by atoms with E-state index in [-0.39, 0.29) is 25.7 Å². The molecule has 0 heterocycles. The largest absolute Gasteiger partial charge is 0.472 e. The van der Waals surface area contributed by atoms with E-state index in [0.717, 1.165) is 120 Å². The number of phosphoric ester groups is 2. The highest BCUT2D eigenvalue weighted by Crippen LogP contribution is 2.45. The van der Waals surface area contributed by atoms with Gasteiger partial charge in [-0.15, -0.1) is 0 Å². The molecule has 0 amide bonds. The Bertz CT molecular complexity index is 1940. The van der Waals surface area contributed by atoms with Crippen LogP contribution in [-0.4, -0.2) is 96.7 Å². The van der Waals surface area contributed by atoms with Gasteiger partial charge in [-0.2, -0.15) is 0 Å². The van der Waals surface area contributed by atoms with Gasteiger partial charge in [-0.25, -0.2) is 9.13 Å². The van der Waals surface area contributed by atoms with Crippen LogP contribution in [0.15, 0.2) is 0 Å². The SMILES string of the molecule is CCC(C)CCCCCCCCC(=O)OC[C@H](COP(=O)(O)OC[C@H](O)COP(=O)(O)OC[C@@H](COC(=O)CCCCCCCCCCCCCCCC(C)C)OC(=O)CCCCCCCCCCCCCCCC(C)C)OC(=O)CCCCCCCCCCCCCCCCC(C)C. The van der Waals surface area contributed by atoms with E-state index in [0.29, 0.717) is 25.7 Å². The summed E-state index contributed by atoms with van der Waals surface area (Å²) < 4.78 is 68.7. The summed E-state index contributed by atoms with van der Waals surface area (Å²) in [6.45, 7) is 14.3. The molecule has 0 aliphatic rings. The molecule has 3 unspecified atom stereocenters. The number of esters is 4. The number of unbranched alkanes of at least 4 members (excludes halogenated alkanes) is 42. The van der Waals surface area contributed by atoms with Crippen molar-refractivity contribution in [2.45, 2.75) is 427 Å². The Morgan fingerprint density at radius 1 is 0.283 bits per heavy atom. The van der Waals surface area contributed by atoms with E-state index < -0.39 is 97.5 Å². The fourth-order valence-corrected chi connectivity index (χ4v) is 13.8. The van der Waals surface area contributed by atoms with Crippen molar-refractivity contribution in [1.82, 2.24) is 0 Å². The molecule has 0 aliphatic carbocycles. The molecule has 0 saturated carbocycles. The molecule has 0 aromatic rings. The van der Waals surface area contributed by atoms with Crippen LogP contribution in [0.25, 0.3) is 0 Å². The Morgan fingerprint density at radius 2 is 0.485 bits per heavy atom. The van der Waals surface area contributed by atoms with Gasteiger partial charge in [-0.3, -0.25) is 37.3 Å². The average molecular weight is 1450 g/mol. The van der Waals surface area contributed by atoms with E-state index in [4.69, 9.17) is 37.0 Å². The van der Waals surface area contributed by atoms with Crippen LogP contribution in [0.3, 0.4) is 0 Å². The summed E-state index contributed by atoms with van der Waals surface area (Å²) in [4.78, 5) is 73.0. The first-order valence-electron chi connectivity index (χ1n) is 41.2. The van der Waals surface area contributed by atoms with Crippen LogP contribution >= 0.6 is 15.6 Å². The van der Waals surface area contributed by atoms with Gasteiger partial charge in [0, 0.05) is 25.7 Å². The van der Waals surface area contributed by atoms with Crippen LogP contribution in [0.1, 0.15) is 409 Å². The molecular weight excluding hydrogens is 1290 g/mol. The van der Waals surface area contributed by atoms with Crippen LogP contribution in [0.4, 0.5) is 0 Å². The Kier molecular flexibility index (Phi) is 67.8. The Labute approximate surface area is 607 Å². The molecule has 0 aromatic heterocycles. The van der Waals surface area contributed by atoms with E-state index in [1.54, 1.807) is 0 Å². The quantitative estimate of drug-likeness (QED) is 0.0222. The van der Waals surface area contributed by atoms with Gasteiger partial charge in [0.25, 0.3) is 0 Å². The van der Waals surface area contributed by atoms with Gasteiger partial charge >= 0.3 is 39.5 Å². The van der Waals surface area contributed by atoms with E-state index in [1.165, 1.54) is 205 Å². The number of hydrogen-bond acceptors (Lipinski definition) is 15. The molecule has 588 valence electrons. The van der Waals surface area contributed by atoms with Gasteiger partial charge in [0.15, 0.2) is 12.2 Å². The normalized spacial score (nSPS) is 14.3. The first-order valence-corrected chi connectivity index (χ1v) is 44.2. The lowest BCUT2D eigenvalue weighted by molar-refractivity contribution is -0.161. The van der Waals surface area contributed by atoms with Crippen LogP contribution < -0.4 is 0 Å². The minimum atomic E-state index is -4.96. The second kappa shape index (κ2) is 69.1. The van der Waals surface area contributed by atoms with Crippen LogP contribution in [0, 0.1) is 23.7 Å². The molecule has 19 heteroatoms. The minimum Gasteiger partial charge on any atom is -0.462 e. The third-order valence-electron chi connectivity index (χ3n) is 18.9. The molecule has 0 fully saturated rings. The van der Waals surface area contributed by atoms with Crippen molar-refractivity contribution >= 4 is 39.5 Å². The standard InChI is InChI=1S/C80H156O17P2/c1-9-73(8)59-51-43-38-39-45-53-61-78(83)91-67-76(97-80(85)62-54-46-36-30-24-17-11-10-14-20-26-32-40-48-56-70(2)3)69-95-99(88,89)93-65-74(81)64-92-98(86,87)94-68-75(96-79(84)63-55-47-37-31-25-19-13-16-22-28-34-42-50-58-72(6)7)66-90-77(82)60-52-44-35-29-23-18-12-15-21-27-33-41-49-57-71(4)5/h70-76,81H,9-69H2,1-8H3,(H,86,87)(H,88,89)/t73?,74-,75-,76-/m1/s1. The summed E-state index contributed by atoms with van der Waals surface area (Å²) in [5, 5.41) is 10.6. The predicted octanol–water partition coefficient (Wildman–Crippen LogP) is 23.6. The third kappa shape index (κ3) is 72.8. The molecule has 0 radical (unpaired) electrons. The molecule has 0 saturated heterocycles. The summed E-state index contributed by atoms with van der Waals surface area (Å²) in [5.74, 6) is 0.988. The first-order chi connectivity index (χ1) is 47.6. The lowest BCUT2D eigenvalue weighted by atomic mass is 10.00. The topological polar surface area (TPSA) is 237 Å². The summed E-state index contributed by atoms with van der Waals surface area (Å²) in [5.41, 5.74) is 0. The number of ether oxygens (including phenoxy) is 4. The highest BCUT2D eigenvalue weighted by Gasteiger charge is 2.30. The van der Waals surface area contributed by atoms with E-state index in [9.17, 15) is 43.2 Å². The average Bonchev–Trinajstić information content (AvgIpc) is 1.08. The monoisotopic (exact) mass is 1450 g/mol. The van der Waals surface area contributed by atoms with E-state index in [2.05, 4.69) is 55.4 Å². The highest BCUT2D eigenvalue weighted by molar-refractivity contribution is 7.47. The van der Waals surface area contributed by atoms with Crippen molar-refractivity contribution in [2.75, 3.05) is 39.6 Å². The Morgan fingerprint density at radius 3 is 0.717 bits per heavy atom. The van der Waals surface area contributed by atoms with Crippen molar-refractivity contribution < 1.29 is 80.2 Å². The first kappa shape index (κ1) is 97.1. The summed E-state index contributed by atoms with van der Waals surface area (Å²) in [7, 11) is -9.92. The number of hydrogen-bond donors (Lipinski definition) is 3. The van der Waals surface area contributed by atoms with Gasteiger partial charge in [0.05, 0.1) is 26.4 Å². The zero-order chi connectivity index (χ0) is 73.1. The summed E-state index contributed by atoms with van der Waals surface area (Å²) in [6.07, 6.45) is 55.4. The lowest BCUT2D eigenvalue weighted by Gasteiger charge is -2.21. The molecule has 3 N–H and O–H groups in total. The fraction of sp³-hybridized carbons (Fsp3) is 0.950. The highest BCUT2D eigenvalue weighted by atomic mass is 31.2. The number of rotatable bonds is 77. The molecule has 0 spiro atoms. The molecule has 0 rings (SSSR count). The smallest absolute Gasteiger partial charge is 0.462 e. The van der Waals surface area contributed by atoms with Crippen molar-refractivity contribution in [1.29, 1.82) is 0 Å². The maximum absolute atomic E-state index is 13.1. The zero-order valence-corrected chi connectivity index (χ0v) is 66.9. The van der Waals surface area contributed by atoms with Gasteiger partial charge < -0.3 is 33.8 Å². The second-order valence-electron chi connectivity index (χ2n) is 30.5. The van der Waals surface area contributed by atoms with E-state index in [1.807, 2.05) is 0 Å². The Hall–Kier alpha value is -1.94. The molecule has 99 heavy (non-hydrogen) atoms. The number of aliphatic hydroxyl groups is 1. The van der Waals surface area contributed by atoms with Gasteiger partial charge in [-0.1, -0.05) is 357 Å². The molecule has 0 bridgehead atoms. The maximum Gasteiger partial charge on any atom is 0.472 e. The van der Waals surface area contributed by atoms with Gasteiger partial charge in [-0.05, 0) is 49.4 Å². The van der Waals surface area contributed by atoms with Gasteiger partial charge in [0.2, 0.25) is 0 Å². The third-order valence-corrected chi connectivity index (χ3v) is 20.8. The van der Waals surface area contributed by atoms with Crippen molar-refractivity contribution in [3.05, 3.63) is 0 Å². The maximum atomic E-state index is 13.1. The number of aliphatic hydroxyl groups excluding tert-OH is 1. The predicted molar refractivity (Wildman–Crippen MR) is 404 cm³/mol. The van der Waals surface area contributed by atoms with Crippen molar-refractivity contribution in [3.8, 4) is 0 Å². The fourth-order valence-electron chi connectivity index (χ4n) is 12.2. The summed E-state index contributed by atoms with van der Waals surface area (Å²) in [6, 6.07) is 0.